The summed E-state index contributed by atoms with van der Waals surface area (Å²) in [6, 6.07) is 17.8. The van der Waals surface area contributed by atoms with Gasteiger partial charge in [-0.2, -0.15) is 0 Å². The van der Waals surface area contributed by atoms with Gasteiger partial charge < -0.3 is 20.1 Å². The van der Waals surface area contributed by atoms with Gasteiger partial charge >= 0.3 is 0 Å². The Hall–Kier alpha value is -3.36. The molecule has 5 rings (SSSR count). The summed E-state index contributed by atoms with van der Waals surface area (Å²) in [6.45, 7) is 1.78. The molecule has 6 nitrogen and oxygen atoms in total. The summed E-state index contributed by atoms with van der Waals surface area (Å²) in [5.41, 5.74) is 0.502. The molecule has 0 aromatic heterocycles. The fraction of sp³-hybridized carbons (Fsp3) is 0.200. The summed E-state index contributed by atoms with van der Waals surface area (Å²) in [4.78, 5) is 15.4. The summed E-state index contributed by atoms with van der Waals surface area (Å²) < 4.78 is 26.3. The third kappa shape index (κ3) is 3.63. The van der Waals surface area contributed by atoms with E-state index in [0.29, 0.717) is 33.0 Å². The molecule has 0 aliphatic carbocycles. The largest absolute Gasteiger partial charge is 0.493 e. The van der Waals surface area contributed by atoms with Crippen molar-refractivity contribution in [1.82, 2.24) is 5.32 Å². The van der Waals surface area contributed by atoms with Crippen molar-refractivity contribution < 1.29 is 18.7 Å². The number of anilines is 2. The van der Waals surface area contributed by atoms with Crippen molar-refractivity contribution >= 4 is 46.2 Å². The summed E-state index contributed by atoms with van der Waals surface area (Å²) in [6.07, 6.45) is 0. The minimum Gasteiger partial charge on any atom is -0.493 e. The van der Waals surface area contributed by atoms with E-state index in [-0.39, 0.29) is 5.91 Å². The molecule has 0 saturated carbocycles. The molecule has 0 unspecified atom stereocenters. The first kappa shape index (κ1) is 22.4. The normalized spacial score (nSPS) is 22.8. The van der Waals surface area contributed by atoms with E-state index in [2.05, 4.69) is 10.6 Å². The number of benzene rings is 3. The Kier molecular flexibility index (Phi) is 5.58. The monoisotopic (exact) mass is 497 g/mol. The number of rotatable bonds is 4. The van der Waals surface area contributed by atoms with E-state index in [9.17, 15) is 9.18 Å². The van der Waals surface area contributed by atoms with Crippen molar-refractivity contribution in [2.75, 3.05) is 17.3 Å². The molecule has 1 saturated heterocycles. The lowest BCUT2D eigenvalue weighted by Gasteiger charge is -2.56. The summed E-state index contributed by atoms with van der Waals surface area (Å²) in [7, 11) is 1.55. The smallest absolute Gasteiger partial charge is 0.236 e. The van der Waals surface area contributed by atoms with Gasteiger partial charge in [0.05, 0.1) is 13.2 Å². The second kappa shape index (κ2) is 8.45. The van der Waals surface area contributed by atoms with Crippen molar-refractivity contribution in [2.24, 2.45) is 5.92 Å². The summed E-state index contributed by atoms with van der Waals surface area (Å²) >= 11 is 11.7. The van der Waals surface area contributed by atoms with Crippen LogP contribution in [0.15, 0.2) is 66.7 Å². The Morgan fingerprint density at radius 3 is 2.65 bits per heavy atom. The van der Waals surface area contributed by atoms with Crippen molar-refractivity contribution in [3.63, 3.8) is 0 Å². The first-order chi connectivity index (χ1) is 16.3. The van der Waals surface area contributed by atoms with Crippen LogP contribution in [0.3, 0.4) is 0 Å². The molecule has 2 aliphatic rings. The maximum absolute atomic E-state index is 14.2. The number of methoxy groups -OCH3 is 1. The SMILES string of the molecule is COc1cccc2c1O[C@@]1(C)[C@@H](C(=O)Nc3ccc(Cl)cc3)[C@@H]2NC(=S)N1c1cccc(F)c1. The maximum Gasteiger partial charge on any atom is 0.236 e. The number of nitrogens with one attached hydrogen (secondary N) is 2. The number of amides is 1. The highest BCUT2D eigenvalue weighted by Crippen LogP contribution is 2.52. The van der Waals surface area contributed by atoms with Gasteiger partial charge in [-0.3, -0.25) is 9.69 Å². The Morgan fingerprint density at radius 2 is 1.94 bits per heavy atom. The van der Waals surface area contributed by atoms with E-state index in [1.54, 1.807) is 61.4 Å². The number of thiocarbonyl (C=S) groups is 1. The van der Waals surface area contributed by atoms with Crippen molar-refractivity contribution in [1.29, 1.82) is 0 Å². The van der Waals surface area contributed by atoms with Gasteiger partial charge in [0, 0.05) is 22.0 Å². The number of para-hydroxylation sites is 1. The highest BCUT2D eigenvalue weighted by molar-refractivity contribution is 7.80. The lowest BCUT2D eigenvalue weighted by molar-refractivity contribution is -0.130. The zero-order chi connectivity index (χ0) is 24.0. The van der Waals surface area contributed by atoms with Gasteiger partial charge in [-0.15, -0.1) is 0 Å². The first-order valence-electron chi connectivity index (χ1n) is 10.6. The van der Waals surface area contributed by atoms with Gasteiger partial charge in [-0.25, -0.2) is 4.39 Å². The molecule has 9 heteroatoms. The number of hydrogen-bond acceptors (Lipinski definition) is 4. The van der Waals surface area contributed by atoms with Crippen molar-refractivity contribution in [3.8, 4) is 11.5 Å². The van der Waals surface area contributed by atoms with Crippen LogP contribution in [0, 0.1) is 11.7 Å². The quantitative estimate of drug-likeness (QED) is 0.478. The second-order valence-corrected chi connectivity index (χ2v) is 9.07. The van der Waals surface area contributed by atoms with E-state index in [4.69, 9.17) is 33.3 Å². The van der Waals surface area contributed by atoms with Gasteiger partial charge in [-0.05, 0) is 67.7 Å². The van der Waals surface area contributed by atoms with E-state index in [1.165, 1.54) is 12.1 Å². The number of hydrogen-bond donors (Lipinski definition) is 2. The standard InChI is InChI=1S/C25H21ClFN3O3S/c1-25-20(23(31)28-16-11-9-14(26)10-12-16)21(18-7-4-8-19(32-2)22(18)33-25)29-24(34)30(25)17-6-3-5-15(27)13-17/h3-13,20-21H,1-2H3,(H,28,31)(H,29,34)/t20-,21-,25+/m1/s1. The number of carbonyl (C=O) groups is 1. The molecule has 2 heterocycles. The van der Waals surface area contributed by atoms with E-state index in [0.717, 1.165) is 5.56 Å². The molecule has 2 aliphatic heterocycles. The van der Waals surface area contributed by atoms with E-state index < -0.39 is 23.5 Å². The molecule has 2 N–H and O–H groups in total. The molecule has 3 aromatic rings. The molecule has 174 valence electrons. The zero-order valence-corrected chi connectivity index (χ0v) is 19.9. The predicted octanol–water partition coefficient (Wildman–Crippen LogP) is 5.29. The number of ether oxygens (including phenoxy) is 2. The lowest BCUT2D eigenvalue weighted by Crippen LogP contribution is -2.72. The molecule has 1 amide bonds. The third-order valence-electron chi connectivity index (χ3n) is 6.17. The van der Waals surface area contributed by atoms with E-state index >= 15 is 0 Å². The van der Waals surface area contributed by atoms with Crippen LogP contribution < -0.4 is 25.0 Å². The van der Waals surface area contributed by atoms with Gasteiger partial charge in [-0.1, -0.05) is 29.8 Å². The van der Waals surface area contributed by atoms with Crippen LogP contribution >= 0.6 is 23.8 Å². The van der Waals surface area contributed by atoms with Crippen molar-refractivity contribution in [3.05, 3.63) is 83.1 Å². The highest BCUT2D eigenvalue weighted by Gasteiger charge is 2.59. The molecular weight excluding hydrogens is 477 g/mol. The van der Waals surface area contributed by atoms with Crippen LogP contribution in [0.4, 0.5) is 15.8 Å². The fourth-order valence-corrected chi connectivity index (χ4v) is 5.23. The zero-order valence-electron chi connectivity index (χ0n) is 18.3. The van der Waals surface area contributed by atoms with Crippen LogP contribution in [0.1, 0.15) is 18.5 Å². The Balaban J connectivity index is 1.65. The first-order valence-corrected chi connectivity index (χ1v) is 11.4. The van der Waals surface area contributed by atoms with Crippen LogP contribution in [0.2, 0.25) is 5.02 Å². The van der Waals surface area contributed by atoms with Crippen LogP contribution in [-0.2, 0) is 4.79 Å². The van der Waals surface area contributed by atoms with Crippen LogP contribution in [0.25, 0.3) is 0 Å². The lowest BCUT2D eigenvalue weighted by atomic mass is 9.78. The molecule has 3 atom stereocenters. The summed E-state index contributed by atoms with van der Waals surface area (Å²) in [5, 5.41) is 7.13. The van der Waals surface area contributed by atoms with Gasteiger partial charge in [0.25, 0.3) is 0 Å². The molecule has 1 fully saturated rings. The third-order valence-corrected chi connectivity index (χ3v) is 6.72. The topological polar surface area (TPSA) is 62.8 Å². The van der Waals surface area contributed by atoms with Gasteiger partial charge in [0.15, 0.2) is 22.3 Å². The van der Waals surface area contributed by atoms with Crippen LogP contribution in [-0.4, -0.2) is 23.9 Å². The van der Waals surface area contributed by atoms with E-state index in [1.807, 2.05) is 12.1 Å². The predicted molar refractivity (Wildman–Crippen MR) is 133 cm³/mol. The Bertz CT molecular complexity index is 1290. The van der Waals surface area contributed by atoms with Gasteiger partial charge in [0.2, 0.25) is 5.91 Å². The Morgan fingerprint density at radius 1 is 1.21 bits per heavy atom. The number of fused-ring (bicyclic) bond motifs is 4. The summed E-state index contributed by atoms with van der Waals surface area (Å²) in [5.74, 6) is -0.456. The molecular formula is C25H21ClFN3O3S. The average molecular weight is 498 g/mol. The molecule has 34 heavy (non-hydrogen) atoms. The highest BCUT2D eigenvalue weighted by atomic mass is 35.5. The molecule has 0 radical (unpaired) electrons. The number of halogens is 2. The molecule has 0 spiro atoms. The molecule has 2 bridgehead atoms. The van der Waals surface area contributed by atoms with Gasteiger partial charge in [0.1, 0.15) is 11.7 Å². The van der Waals surface area contributed by atoms with Crippen molar-refractivity contribution in [2.45, 2.75) is 18.7 Å². The second-order valence-electron chi connectivity index (χ2n) is 8.25. The average Bonchev–Trinajstić information content (AvgIpc) is 2.79. The minimum atomic E-state index is -1.29. The van der Waals surface area contributed by atoms with Crippen LogP contribution in [0.5, 0.6) is 11.5 Å². The maximum atomic E-state index is 14.2. The Labute approximate surface area is 206 Å². The number of carbonyl (C=O) groups excluding carboxylic acids is 1. The number of nitrogens with zero attached hydrogens (tertiary/aromatic N) is 1. The molecule has 3 aromatic carbocycles. The minimum absolute atomic E-state index is 0.292. The fourth-order valence-electron chi connectivity index (χ4n) is 4.69.